The molecule has 1 N–H and O–H groups in total. The van der Waals surface area contributed by atoms with Crippen LogP contribution in [0.4, 0.5) is 5.00 Å². The Morgan fingerprint density at radius 2 is 1.64 bits per heavy atom. The van der Waals surface area contributed by atoms with E-state index in [2.05, 4.69) is 18.8 Å². The highest BCUT2D eigenvalue weighted by atomic mass is 32.1. The Hall–Kier alpha value is -4.24. The molecule has 2 aromatic heterocycles. The summed E-state index contributed by atoms with van der Waals surface area (Å²) in [6.07, 6.45) is 2.16. The zero-order valence-electron chi connectivity index (χ0n) is 22.3. The van der Waals surface area contributed by atoms with Crippen LogP contribution < -0.4 is 5.56 Å². The van der Waals surface area contributed by atoms with E-state index >= 15 is 0 Å². The topological polar surface area (TPSA) is 107 Å². The lowest BCUT2D eigenvalue weighted by atomic mass is 10.0. The molecule has 8 nitrogen and oxygen atoms in total. The fourth-order valence-electron chi connectivity index (χ4n) is 4.30. The fraction of sp³-hybridized carbons (Fsp3) is 0.267. The number of pyridine rings is 1. The predicted octanol–water partition coefficient (Wildman–Crippen LogP) is 6.06. The van der Waals surface area contributed by atoms with Crippen LogP contribution in [-0.4, -0.2) is 41.0 Å². The number of thiophene rings is 1. The second kappa shape index (κ2) is 12.1. The van der Waals surface area contributed by atoms with Crippen LogP contribution >= 0.6 is 11.3 Å². The van der Waals surface area contributed by atoms with Crippen molar-refractivity contribution in [2.24, 2.45) is 10.9 Å². The number of carbonyl (C=O) groups is 2. The maximum Gasteiger partial charge on any atom is 0.341 e. The Bertz CT molecular complexity index is 1600. The minimum Gasteiger partial charge on any atom is -0.494 e. The molecule has 0 amide bonds. The van der Waals surface area contributed by atoms with Crippen molar-refractivity contribution >= 4 is 45.3 Å². The van der Waals surface area contributed by atoms with Gasteiger partial charge in [0.2, 0.25) is 5.88 Å². The molecule has 0 aliphatic carbocycles. The number of aromatic nitrogens is 1. The summed E-state index contributed by atoms with van der Waals surface area (Å²) in [6.45, 7) is 8.10. The molecule has 2 heterocycles. The van der Waals surface area contributed by atoms with Crippen LogP contribution in [0.2, 0.25) is 0 Å². The van der Waals surface area contributed by atoms with Gasteiger partial charge in [-0.3, -0.25) is 4.79 Å². The molecular formula is C30H30N2O6S. The summed E-state index contributed by atoms with van der Waals surface area (Å²) >= 11 is 1.32. The van der Waals surface area contributed by atoms with E-state index in [1.165, 1.54) is 34.3 Å². The normalized spacial score (nSPS) is 11.4. The number of ether oxygens (including phenoxy) is 2. The van der Waals surface area contributed by atoms with Gasteiger partial charge in [0, 0.05) is 17.0 Å². The summed E-state index contributed by atoms with van der Waals surface area (Å²) in [6, 6.07) is 13.1. The summed E-state index contributed by atoms with van der Waals surface area (Å²) in [7, 11) is 0. The highest BCUT2D eigenvalue weighted by Gasteiger charge is 2.22. The van der Waals surface area contributed by atoms with E-state index in [0.717, 1.165) is 5.56 Å². The van der Waals surface area contributed by atoms with Crippen LogP contribution in [0.15, 0.2) is 63.7 Å². The number of aliphatic imine (C=N–C) groups is 1. The lowest BCUT2D eigenvalue weighted by Crippen LogP contribution is -2.20. The highest BCUT2D eigenvalue weighted by Crippen LogP contribution is 2.34. The lowest BCUT2D eigenvalue weighted by Gasteiger charge is -2.14. The van der Waals surface area contributed by atoms with Gasteiger partial charge in [-0.05, 0) is 67.5 Å². The summed E-state index contributed by atoms with van der Waals surface area (Å²) in [5.41, 5.74) is 1.87. The average molecular weight is 547 g/mol. The van der Waals surface area contributed by atoms with E-state index in [1.54, 1.807) is 50.2 Å². The number of nitrogens with zero attached hydrogens (tertiary/aromatic N) is 2. The first-order valence-electron chi connectivity index (χ1n) is 12.7. The van der Waals surface area contributed by atoms with Gasteiger partial charge in [0.1, 0.15) is 5.00 Å². The standard InChI is InChI=1S/C30H30N2O6S/c1-5-37-29(35)19-11-13-21(14-12-19)32-27(33)23-10-8-7-9-22(23)24(28(32)34)16-31-26-25(30(36)38-6-2)20(17-39-26)15-18(3)4/h7-14,16-18,34H,5-6,15H2,1-4H3/b31-16+. The molecule has 0 aliphatic heterocycles. The van der Waals surface area contributed by atoms with Crippen molar-refractivity contribution in [2.75, 3.05) is 13.2 Å². The van der Waals surface area contributed by atoms with E-state index in [9.17, 15) is 19.5 Å². The van der Waals surface area contributed by atoms with E-state index in [1.807, 2.05) is 5.38 Å². The van der Waals surface area contributed by atoms with Crippen molar-refractivity contribution in [1.82, 2.24) is 4.57 Å². The van der Waals surface area contributed by atoms with Gasteiger partial charge < -0.3 is 14.6 Å². The van der Waals surface area contributed by atoms with Gasteiger partial charge in [-0.2, -0.15) is 0 Å². The zero-order chi connectivity index (χ0) is 28.1. The van der Waals surface area contributed by atoms with Crippen molar-refractivity contribution in [3.63, 3.8) is 0 Å². The third kappa shape index (κ3) is 5.78. The minimum atomic E-state index is -0.475. The quantitative estimate of drug-likeness (QED) is 0.202. The number of benzene rings is 2. The van der Waals surface area contributed by atoms with E-state index < -0.39 is 17.5 Å². The van der Waals surface area contributed by atoms with E-state index in [-0.39, 0.29) is 19.1 Å². The summed E-state index contributed by atoms with van der Waals surface area (Å²) < 4.78 is 11.5. The number of fused-ring (bicyclic) bond motifs is 1. The van der Waals surface area contributed by atoms with E-state index in [4.69, 9.17) is 9.47 Å². The molecule has 9 heteroatoms. The molecule has 4 rings (SSSR count). The van der Waals surface area contributed by atoms with Crippen LogP contribution in [-0.2, 0) is 15.9 Å². The molecule has 4 aromatic rings. The second-order valence-electron chi connectivity index (χ2n) is 9.21. The molecule has 2 aromatic carbocycles. The second-order valence-corrected chi connectivity index (χ2v) is 10.1. The number of hydrogen-bond donors (Lipinski definition) is 1. The van der Waals surface area contributed by atoms with Crippen molar-refractivity contribution in [1.29, 1.82) is 0 Å². The van der Waals surface area contributed by atoms with Crippen LogP contribution in [0.1, 0.15) is 59.5 Å². The number of hydrogen-bond acceptors (Lipinski definition) is 8. The van der Waals surface area contributed by atoms with Crippen LogP contribution in [0.5, 0.6) is 5.88 Å². The molecule has 0 saturated heterocycles. The van der Waals surface area contributed by atoms with Crippen LogP contribution in [0.3, 0.4) is 0 Å². The Morgan fingerprint density at radius 3 is 2.28 bits per heavy atom. The third-order valence-electron chi connectivity index (χ3n) is 6.01. The van der Waals surface area contributed by atoms with Crippen LogP contribution in [0.25, 0.3) is 16.5 Å². The first-order chi connectivity index (χ1) is 18.8. The fourth-order valence-corrected chi connectivity index (χ4v) is 5.22. The van der Waals surface area contributed by atoms with Crippen molar-refractivity contribution in [3.8, 4) is 11.6 Å². The predicted molar refractivity (Wildman–Crippen MR) is 153 cm³/mol. The first kappa shape index (κ1) is 27.8. The van der Waals surface area contributed by atoms with Gasteiger partial charge in [-0.1, -0.05) is 32.0 Å². The van der Waals surface area contributed by atoms with Gasteiger partial charge in [-0.25, -0.2) is 19.1 Å². The smallest absolute Gasteiger partial charge is 0.341 e. The molecule has 39 heavy (non-hydrogen) atoms. The Kier molecular flexibility index (Phi) is 8.61. The molecule has 0 fully saturated rings. The Labute approximate surface area is 230 Å². The number of carbonyl (C=O) groups excluding carboxylic acids is 2. The van der Waals surface area contributed by atoms with Gasteiger partial charge in [0.05, 0.1) is 35.6 Å². The maximum atomic E-state index is 13.4. The van der Waals surface area contributed by atoms with Crippen molar-refractivity contribution in [3.05, 3.63) is 86.5 Å². The van der Waals surface area contributed by atoms with Crippen molar-refractivity contribution < 1.29 is 24.2 Å². The summed E-state index contributed by atoms with van der Waals surface area (Å²) in [5.74, 6) is -0.904. The molecule has 0 unspecified atom stereocenters. The number of rotatable bonds is 9. The number of aromatic hydroxyl groups is 1. The maximum absolute atomic E-state index is 13.4. The summed E-state index contributed by atoms with van der Waals surface area (Å²) in [5, 5.41) is 14.6. The molecule has 202 valence electrons. The third-order valence-corrected chi connectivity index (χ3v) is 6.94. The van der Waals surface area contributed by atoms with Gasteiger partial charge in [-0.15, -0.1) is 11.3 Å². The molecule has 0 aliphatic rings. The molecule has 0 atom stereocenters. The molecule has 0 spiro atoms. The van der Waals surface area contributed by atoms with Gasteiger partial charge in [0.25, 0.3) is 5.56 Å². The Balaban J connectivity index is 1.85. The molecular weight excluding hydrogens is 516 g/mol. The highest BCUT2D eigenvalue weighted by molar-refractivity contribution is 7.14. The molecule has 0 saturated carbocycles. The monoisotopic (exact) mass is 546 g/mol. The molecule has 0 bridgehead atoms. The SMILES string of the molecule is CCOC(=O)c1ccc(-n2c(O)c(/C=N/c3scc(CC(C)C)c3C(=O)OCC)c3ccccc3c2=O)cc1. The summed E-state index contributed by atoms with van der Waals surface area (Å²) in [4.78, 5) is 42.9. The number of esters is 2. The largest absolute Gasteiger partial charge is 0.494 e. The van der Waals surface area contributed by atoms with E-state index in [0.29, 0.717) is 50.5 Å². The zero-order valence-corrected chi connectivity index (χ0v) is 23.1. The van der Waals surface area contributed by atoms with Crippen molar-refractivity contribution in [2.45, 2.75) is 34.1 Å². The lowest BCUT2D eigenvalue weighted by molar-refractivity contribution is 0.0516. The van der Waals surface area contributed by atoms with Crippen LogP contribution in [0, 0.1) is 5.92 Å². The molecule has 0 radical (unpaired) electrons. The van der Waals surface area contributed by atoms with Gasteiger partial charge >= 0.3 is 11.9 Å². The average Bonchev–Trinajstić information content (AvgIpc) is 3.31. The Morgan fingerprint density at radius 1 is 1.00 bits per heavy atom. The minimum absolute atomic E-state index is 0.240. The first-order valence-corrected chi connectivity index (χ1v) is 13.6. The van der Waals surface area contributed by atoms with Gasteiger partial charge in [0.15, 0.2) is 0 Å².